The first-order chi connectivity index (χ1) is 9.29. The molecule has 102 valence electrons. The molecule has 0 spiro atoms. The van der Waals surface area contributed by atoms with E-state index in [4.69, 9.17) is 16.3 Å². The molecule has 2 nitrogen and oxygen atoms in total. The van der Waals surface area contributed by atoms with Gasteiger partial charge in [0, 0.05) is 23.2 Å². The Morgan fingerprint density at radius 2 is 2.00 bits per heavy atom. The summed E-state index contributed by atoms with van der Waals surface area (Å²) in [6.45, 7) is 0.833. The summed E-state index contributed by atoms with van der Waals surface area (Å²) in [5, 5.41) is 4.53. The van der Waals surface area contributed by atoms with Crippen LogP contribution in [0.5, 0.6) is 5.75 Å². The van der Waals surface area contributed by atoms with Gasteiger partial charge in [0.05, 0.1) is 7.11 Å². The van der Waals surface area contributed by atoms with Gasteiger partial charge in [0.2, 0.25) is 0 Å². The smallest absolute Gasteiger partial charge is 0.124 e. The van der Waals surface area contributed by atoms with Gasteiger partial charge in [0.25, 0.3) is 0 Å². The molecule has 0 saturated heterocycles. The molecular formula is C16H20ClNO. The molecule has 2 bridgehead atoms. The van der Waals surface area contributed by atoms with Crippen molar-refractivity contribution in [1.82, 2.24) is 5.32 Å². The van der Waals surface area contributed by atoms with Gasteiger partial charge in [0.15, 0.2) is 0 Å². The van der Waals surface area contributed by atoms with Crippen molar-refractivity contribution in [3.63, 3.8) is 0 Å². The van der Waals surface area contributed by atoms with Gasteiger partial charge in [0.1, 0.15) is 5.75 Å². The zero-order valence-corrected chi connectivity index (χ0v) is 12.0. The maximum absolute atomic E-state index is 6.28. The lowest BCUT2D eigenvalue weighted by Crippen LogP contribution is -2.22. The average molecular weight is 278 g/mol. The fourth-order valence-corrected chi connectivity index (χ4v) is 4.95. The second-order valence-electron chi connectivity index (χ2n) is 6.32. The molecule has 0 heterocycles. The molecular weight excluding hydrogens is 258 g/mol. The summed E-state index contributed by atoms with van der Waals surface area (Å²) in [5.74, 6) is 4.86. The van der Waals surface area contributed by atoms with Crippen molar-refractivity contribution in [3.8, 4) is 5.75 Å². The number of fused-ring (bicyclic) bond motifs is 5. The summed E-state index contributed by atoms with van der Waals surface area (Å²) < 4.78 is 5.40. The summed E-state index contributed by atoms with van der Waals surface area (Å²) in [4.78, 5) is 0. The van der Waals surface area contributed by atoms with Crippen molar-refractivity contribution in [3.05, 3.63) is 28.8 Å². The summed E-state index contributed by atoms with van der Waals surface area (Å²) in [6.07, 6.45) is 4.45. The number of hydrogen-bond acceptors (Lipinski definition) is 2. The van der Waals surface area contributed by atoms with Crippen LogP contribution in [-0.4, -0.2) is 13.2 Å². The number of nitrogens with one attached hydrogen (secondary N) is 1. The molecule has 3 saturated carbocycles. The molecule has 3 fully saturated rings. The Hall–Kier alpha value is -0.730. The Balaban J connectivity index is 1.44. The monoisotopic (exact) mass is 277 g/mol. The highest BCUT2D eigenvalue weighted by molar-refractivity contribution is 6.31. The minimum Gasteiger partial charge on any atom is -0.496 e. The average Bonchev–Trinajstić information content (AvgIpc) is 2.81. The van der Waals surface area contributed by atoms with E-state index in [1.54, 1.807) is 7.11 Å². The van der Waals surface area contributed by atoms with E-state index in [0.29, 0.717) is 0 Å². The van der Waals surface area contributed by atoms with Crippen LogP contribution in [-0.2, 0) is 6.54 Å². The minimum atomic E-state index is 0.743. The van der Waals surface area contributed by atoms with Gasteiger partial charge in [-0.05, 0) is 55.1 Å². The number of benzene rings is 1. The van der Waals surface area contributed by atoms with Crippen LogP contribution in [0.2, 0.25) is 5.02 Å². The van der Waals surface area contributed by atoms with Crippen LogP contribution in [0.1, 0.15) is 24.8 Å². The molecule has 0 aromatic heterocycles. The van der Waals surface area contributed by atoms with Crippen molar-refractivity contribution in [2.24, 2.45) is 23.7 Å². The van der Waals surface area contributed by atoms with E-state index < -0.39 is 0 Å². The highest BCUT2D eigenvalue weighted by Crippen LogP contribution is 2.65. The van der Waals surface area contributed by atoms with Crippen LogP contribution in [0.25, 0.3) is 0 Å². The SMILES string of the molecule is COc1cccc(Cl)c1CNC1C2C3CCC(C3)C12. The summed E-state index contributed by atoms with van der Waals surface area (Å²) >= 11 is 6.28. The summed E-state index contributed by atoms with van der Waals surface area (Å²) in [7, 11) is 1.71. The molecule has 1 aromatic rings. The van der Waals surface area contributed by atoms with E-state index in [1.165, 1.54) is 19.3 Å². The number of rotatable bonds is 4. The lowest BCUT2D eigenvalue weighted by molar-refractivity contribution is 0.404. The topological polar surface area (TPSA) is 21.3 Å². The van der Waals surface area contributed by atoms with Crippen molar-refractivity contribution in [2.45, 2.75) is 31.8 Å². The van der Waals surface area contributed by atoms with Crippen LogP contribution in [0.15, 0.2) is 18.2 Å². The largest absolute Gasteiger partial charge is 0.496 e. The molecule has 4 rings (SSSR count). The van der Waals surface area contributed by atoms with E-state index in [-0.39, 0.29) is 0 Å². The number of hydrogen-bond donors (Lipinski definition) is 1. The first-order valence-corrected chi connectivity index (χ1v) is 7.72. The van der Waals surface area contributed by atoms with Gasteiger partial charge < -0.3 is 10.1 Å². The van der Waals surface area contributed by atoms with E-state index >= 15 is 0 Å². The van der Waals surface area contributed by atoms with E-state index in [0.717, 1.165) is 52.6 Å². The molecule has 4 unspecified atom stereocenters. The molecule has 1 aromatic carbocycles. The third kappa shape index (κ3) is 1.80. The van der Waals surface area contributed by atoms with Crippen molar-refractivity contribution in [1.29, 1.82) is 0 Å². The molecule has 0 aliphatic heterocycles. The first kappa shape index (κ1) is 12.0. The Labute approximate surface area is 119 Å². The highest BCUT2D eigenvalue weighted by Gasteiger charge is 2.64. The lowest BCUT2D eigenvalue weighted by Gasteiger charge is -2.13. The number of halogens is 1. The Morgan fingerprint density at radius 3 is 2.68 bits per heavy atom. The molecule has 1 N–H and O–H groups in total. The maximum Gasteiger partial charge on any atom is 0.124 e. The Kier molecular flexibility index (Phi) is 2.78. The fraction of sp³-hybridized carbons (Fsp3) is 0.625. The standard InChI is InChI=1S/C16H20ClNO/c1-19-13-4-2-3-12(17)11(13)8-18-16-14-9-5-6-10(7-9)15(14)16/h2-4,9-10,14-16,18H,5-8H2,1H3. The molecule has 3 aliphatic rings. The lowest BCUT2D eigenvalue weighted by atomic mass is 10.0. The molecule has 19 heavy (non-hydrogen) atoms. The zero-order chi connectivity index (χ0) is 13.0. The van der Waals surface area contributed by atoms with Crippen LogP contribution >= 0.6 is 11.6 Å². The van der Waals surface area contributed by atoms with Crippen molar-refractivity contribution in [2.75, 3.05) is 7.11 Å². The van der Waals surface area contributed by atoms with E-state index in [2.05, 4.69) is 5.32 Å². The van der Waals surface area contributed by atoms with Gasteiger partial charge in [-0.1, -0.05) is 17.7 Å². The normalized spacial score (nSPS) is 38.3. The molecule has 4 atom stereocenters. The van der Waals surface area contributed by atoms with Crippen LogP contribution in [0.4, 0.5) is 0 Å². The van der Waals surface area contributed by atoms with Crippen LogP contribution in [0, 0.1) is 23.7 Å². The van der Waals surface area contributed by atoms with Crippen molar-refractivity contribution < 1.29 is 4.74 Å². The van der Waals surface area contributed by atoms with E-state index in [1.807, 2.05) is 18.2 Å². The van der Waals surface area contributed by atoms with E-state index in [9.17, 15) is 0 Å². The second kappa shape index (κ2) is 4.39. The quantitative estimate of drug-likeness (QED) is 0.910. The first-order valence-electron chi connectivity index (χ1n) is 7.34. The fourth-order valence-electron chi connectivity index (χ4n) is 4.72. The molecule has 3 heteroatoms. The van der Waals surface area contributed by atoms with Crippen LogP contribution in [0.3, 0.4) is 0 Å². The second-order valence-corrected chi connectivity index (χ2v) is 6.72. The summed E-state index contributed by atoms with van der Waals surface area (Å²) in [5.41, 5.74) is 1.10. The summed E-state index contributed by atoms with van der Waals surface area (Å²) in [6, 6.07) is 6.61. The predicted octanol–water partition coefficient (Wildman–Crippen LogP) is 3.48. The Bertz CT molecular complexity index is 488. The van der Waals surface area contributed by atoms with Gasteiger partial charge in [-0.15, -0.1) is 0 Å². The van der Waals surface area contributed by atoms with Crippen molar-refractivity contribution >= 4 is 11.6 Å². The zero-order valence-electron chi connectivity index (χ0n) is 11.2. The molecule has 0 amide bonds. The van der Waals surface area contributed by atoms with Gasteiger partial charge >= 0.3 is 0 Å². The van der Waals surface area contributed by atoms with Crippen LogP contribution < -0.4 is 10.1 Å². The van der Waals surface area contributed by atoms with Gasteiger partial charge in [-0.2, -0.15) is 0 Å². The van der Waals surface area contributed by atoms with Gasteiger partial charge in [-0.25, -0.2) is 0 Å². The minimum absolute atomic E-state index is 0.743. The number of ether oxygens (including phenoxy) is 1. The third-order valence-electron chi connectivity index (χ3n) is 5.55. The molecule has 0 radical (unpaired) electrons. The van der Waals surface area contributed by atoms with Gasteiger partial charge in [-0.3, -0.25) is 0 Å². The predicted molar refractivity (Wildman–Crippen MR) is 76.4 cm³/mol. The Morgan fingerprint density at radius 1 is 1.26 bits per heavy atom. The highest BCUT2D eigenvalue weighted by atomic mass is 35.5. The maximum atomic E-state index is 6.28. The third-order valence-corrected chi connectivity index (χ3v) is 5.90. The number of methoxy groups -OCH3 is 1. The molecule has 3 aliphatic carbocycles.